The number of nitrogens with one attached hydrogen (secondary N) is 1. The fourth-order valence-electron chi connectivity index (χ4n) is 1.66. The molecule has 0 amide bonds. The first-order valence-corrected chi connectivity index (χ1v) is 6.10. The molecule has 0 saturated carbocycles. The summed E-state index contributed by atoms with van der Waals surface area (Å²) in [4.78, 5) is 4.07. The van der Waals surface area contributed by atoms with Crippen molar-refractivity contribution in [3.63, 3.8) is 0 Å². The maximum Gasteiger partial charge on any atom is 0.213 e. The van der Waals surface area contributed by atoms with E-state index in [1.807, 2.05) is 36.4 Å². The Morgan fingerprint density at radius 1 is 1.22 bits per heavy atom. The van der Waals surface area contributed by atoms with Gasteiger partial charge in [-0.05, 0) is 23.3 Å². The van der Waals surface area contributed by atoms with Gasteiger partial charge in [0.25, 0.3) is 0 Å². The highest BCUT2D eigenvalue weighted by Gasteiger charge is 2.00. The van der Waals surface area contributed by atoms with E-state index in [1.54, 1.807) is 13.3 Å². The lowest BCUT2D eigenvalue weighted by molar-refractivity contribution is 0.397. The van der Waals surface area contributed by atoms with Gasteiger partial charge in [0.2, 0.25) is 5.88 Å². The third-order valence-corrected chi connectivity index (χ3v) is 2.98. The molecule has 94 valence electrons. The zero-order chi connectivity index (χ0) is 12.8. The summed E-state index contributed by atoms with van der Waals surface area (Å²) < 4.78 is 5.08. The van der Waals surface area contributed by atoms with Crippen molar-refractivity contribution in [3.8, 4) is 5.88 Å². The lowest BCUT2D eigenvalue weighted by Crippen LogP contribution is -2.13. The molecule has 1 N–H and O–H groups in total. The summed E-state index contributed by atoms with van der Waals surface area (Å²) in [6, 6.07) is 11.7. The molecular weight excluding hydrogens is 248 g/mol. The van der Waals surface area contributed by atoms with Gasteiger partial charge >= 0.3 is 0 Å². The van der Waals surface area contributed by atoms with E-state index in [9.17, 15) is 0 Å². The van der Waals surface area contributed by atoms with Crippen LogP contribution in [0.3, 0.4) is 0 Å². The zero-order valence-electron chi connectivity index (χ0n) is 10.2. The molecule has 0 fully saturated rings. The molecule has 0 aliphatic heterocycles. The maximum absolute atomic E-state index is 6.08. The van der Waals surface area contributed by atoms with E-state index in [1.165, 1.54) is 0 Å². The van der Waals surface area contributed by atoms with Crippen LogP contribution in [-0.2, 0) is 13.1 Å². The van der Waals surface area contributed by atoms with Crippen molar-refractivity contribution < 1.29 is 4.74 Å². The first-order valence-electron chi connectivity index (χ1n) is 5.72. The molecule has 1 heterocycles. The molecule has 0 radical (unpaired) electrons. The standard InChI is InChI=1S/C14H15ClN2O/c1-18-14-8-11(6-7-17-14)9-16-10-12-4-2-3-5-13(12)15/h2-8,16H,9-10H2,1H3. The molecule has 0 aliphatic carbocycles. The van der Waals surface area contributed by atoms with Crippen LogP contribution in [0.15, 0.2) is 42.6 Å². The fourth-order valence-corrected chi connectivity index (χ4v) is 1.86. The van der Waals surface area contributed by atoms with Crippen molar-refractivity contribution in [1.82, 2.24) is 10.3 Å². The number of nitrogens with zero attached hydrogens (tertiary/aromatic N) is 1. The Morgan fingerprint density at radius 3 is 2.83 bits per heavy atom. The minimum absolute atomic E-state index is 0.632. The third-order valence-electron chi connectivity index (χ3n) is 2.61. The quantitative estimate of drug-likeness (QED) is 0.899. The fraction of sp³-hybridized carbons (Fsp3) is 0.214. The highest BCUT2D eigenvalue weighted by atomic mass is 35.5. The lowest BCUT2D eigenvalue weighted by atomic mass is 10.2. The van der Waals surface area contributed by atoms with Gasteiger partial charge in [0.15, 0.2) is 0 Å². The van der Waals surface area contributed by atoms with Crippen LogP contribution in [0.2, 0.25) is 5.02 Å². The maximum atomic E-state index is 6.08. The number of hydrogen-bond acceptors (Lipinski definition) is 3. The molecule has 1 aromatic carbocycles. The van der Waals surface area contributed by atoms with Crippen LogP contribution in [0.5, 0.6) is 5.88 Å². The van der Waals surface area contributed by atoms with Crippen molar-refractivity contribution in [1.29, 1.82) is 0 Å². The Hall–Kier alpha value is -1.58. The second-order valence-electron chi connectivity index (χ2n) is 3.90. The number of hydrogen-bond donors (Lipinski definition) is 1. The van der Waals surface area contributed by atoms with Crippen LogP contribution in [0, 0.1) is 0 Å². The number of aromatic nitrogens is 1. The molecule has 0 bridgehead atoms. The molecule has 3 nitrogen and oxygen atoms in total. The van der Waals surface area contributed by atoms with Gasteiger partial charge in [-0.15, -0.1) is 0 Å². The van der Waals surface area contributed by atoms with Crippen molar-refractivity contribution >= 4 is 11.6 Å². The smallest absolute Gasteiger partial charge is 0.213 e. The summed E-state index contributed by atoms with van der Waals surface area (Å²) in [5.41, 5.74) is 2.23. The minimum atomic E-state index is 0.632. The topological polar surface area (TPSA) is 34.1 Å². The first-order chi connectivity index (χ1) is 8.79. The number of benzene rings is 1. The molecule has 4 heteroatoms. The normalized spacial score (nSPS) is 10.3. The summed E-state index contributed by atoms with van der Waals surface area (Å²) in [7, 11) is 1.61. The summed E-state index contributed by atoms with van der Waals surface area (Å²) in [6.45, 7) is 1.49. The van der Waals surface area contributed by atoms with Gasteiger partial charge in [-0.1, -0.05) is 29.8 Å². The molecule has 1 aromatic heterocycles. The van der Waals surface area contributed by atoms with Gasteiger partial charge in [-0.3, -0.25) is 0 Å². The molecule has 0 aliphatic rings. The lowest BCUT2D eigenvalue weighted by Gasteiger charge is -2.07. The van der Waals surface area contributed by atoms with Crippen LogP contribution in [0.25, 0.3) is 0 Å². The van der Waals surface area contributed by atoms with E-state index in [-0.39, 0.29) is 0 Å². The molecule has 0 unspecified atom stereocenters. The van der Waals surface area contributed by atoms with E-state index < -0.39 is 0 Å². The van der Waals surface area contributed by atoms with Crippen molar-refractivity contribution in [2.24, 2.45) is 0 Å². The first kappa shape index (κ1) is 12.9. The molecule has 2 aromatic rings. The summed E-state index contributed by atoms with van der Waals surface area (Å²) >= 11 is 6.08. The molecule has 18 heavy (non-hydrogen) atoms. The van der Waals surface area contributed by atoms with Crippen molar-refractivity contribution in [2.75, 3.05) is 7.11 Å². The van der Waals surface area contributed by atoms with Gasteiger partial charge < -0.3 is 10.1 Å². The molecule has 2 rings (SSSR count). The van der Waals surface area contributed by atoms with Crippen LogP contribution in [0.4, 0.5) is 0 Å². The Labute approximate surface area is 112 Å². The summed E-state index contributed by atoms with van der Waals surface area (Å²) in [6.07, 6.45) is 1.74. The summed E-state index contributed by atoms with van der Waals surface area (Å²) in [5.74, 6) is 0.632. The van der Waals surface area contributed by atoms with E-state index in [2.05, 4.69) is 10.3 Å². The Bertz CT molecular complexity index is 517. The van der Waals surface area contributed by atoms with Crippen LogP contribution in [-0.4, -0.2) is 12.1 Å². The van der Waals surface area contributed by atoms with E-state index >= 15 is 0 Å². The van der Waals surface area contributed by atoms with Gasteiger partial charge in [-0.2, -0.15) is 0 Å². The van der Waals surface area contributed by atoms with E-state index in [0.717, 1.165) is 29.2 Å². The average molecular weight is 263 g/mol. The van der Waals surface area contributed by atoms with Gasteiger partial charge in [0, 0.05) is 30.4 Å². The van der Waals surface area contributed by atoms with E-state index in [4.69, 9.17) is 16.3 Å². The second kappa shape index (κ2) is 6.38. The van der Waals surface area contributed by atoms with Gasteiger partial charge in [-0.25, -0.2) is 4.98 Å². The number of halogens is 1. The third kappa shape index (κ3) is 3.45. The number of methoxy groups -OCH3 is 1. The number of rotatable bonds is 5. The van der Waals surface area contributed by atoms with Gasteiger partial charge in [0.1, 0.15) is 0 Å². The zero-order valence-corrected chi connectivity index (χ0v) is 10.9. The minimum Gasteiger partial charge on any atom is -0.481 e. The summed E-state index contributed by atoms with van der Waals surface area (Å²) in [5, 5.41) is 4.13. The largest absolute Gasteiger partial charge is 0.481 e. The van der Waals surface area contributed by atoms with Crippen LogP contribution < -0.4 is 10.1 Å². The SMILES string of the molecule is COc1cc(CNCc2ccccc2Cl)ccn1. The highest BCUT2D eigenvalue weighted by Crippen LogP contribution is 2.14. The highest BCUT2D eigenvalue weighted by molar-refractivity contribution is 6.31. The Morgan fingerprint density at radius 2 is 2.06 bits per heavy atom. The van der Waals surface area contributed by atoms with Crippen LogP contribution in [0.1, 0.15) is 11.1 Å². The number of ether oxygens (including phenoxy) is 1. The van der Waals surface area contributed by atoms with Crippen molar-refractivity contribution in [3.05, 3.63) is 58.7 Å². The second-order valence-corrected chi connectivity index (χ2v) is 4.31. The predicted molar refractivity (Wildman–Crippen MR) is 72.8 cm³/mol. The average Bonchev–Trinajstić information content (AvgIpc) is 2.41. The Balaban J connectivity index is 1.90. The predicted octanol–water partition coefficient (Wildman–Crippen LogP) is 3.03. The van der Waals surface area contributed by atoms with Crippen molar-refractivity contribution in [2.45, 2.75) is 13.1 Å². The number of pyridine rings is 1. The molecule has 0 atom stereocenters. The monoisotopic (exact) mass is 262 g/mol. The molecule has 0 spiro atoms. The van der Waals surface area contributed by atoms with Gasteiger partial charge in [0.05, 0.1) is 7.11 Å². The molecular formula is C14H15ClN2O. The van der Waals surface area contributed by atoms with E-state index in [0.29, 0.717) is 5.88 Å². The Kier molecular flexibility index (Phi) is 4.56. The molecule has 0 saturated heterocycles. The van der Waals surface area contributed by atoms with Crippen LogP contribution >= 0.6 is 11.6 Å².